The molecule has 0 saturated carbocycles. The van der Waals surface area contributed by atoms with Crippen molar-refractivity contribution in [3.8, 4) is 0 Å². The molecule has 0 bridgehead atoms. The lowest BCUT2D eigenvalue weighted by atomic mass is 10.2. The van der Waals surface area contributed by atoms with Crippen LogP contribution in [0.15, 0.2) is 24.3 Å². The molecule has 1 aromatic rings. The first kappa shape index (κ1) is 16.0. The van der Waals surface area contributed by atoms with Gasteiger partial charge in [-0.15, -0.1) is 0 Å². The number of nitrogens with zero attached hydrogens (tertiary/aromatic N) is 1. The topological polar surface area (TPSA) is 49.4 Å². The van der Waals surface area contributed by atoms with Crippen LogP contribution in [-0.2, 0) is 9.59 Å². The number of hydrogen-bond acceptors (Lipinski definition) is 2. The first-order chi connectivity index (χ1) is 9.25. The van der Waals surface area contributed by atoms with Crippen molar-refractivity contribution in [1.82, 2.24) is 5.32 Å². The number of carbonyl (C=O) groups is 2. The third kappa shape index (κ3) is 4.25. The van der Waals surface area contributed by atoms with Gasteiger partial charge in [0.2, 0.25) is 5.91 Å². The number of halogens is 3. The molecule has 0 aromatic heterocycles. The van der Waals surface area contributed by atoms with Crippen LogP contribution in [-0.4, -0.2) is 31.1 Å². The predicted molar refractivity (Wildman–Crippen MR) is 68.3 cm³/mol. The Labute approximate surface area is 114 Å². The number of benzene rings is 1. The zero-order valence-corrected chi connectivity index (χ0v) is 11.1. The lowest BCUT2D eigenvalue weighted by molar-refractivity contribution is -0.173. The molecule has 0 saturated heterocycles. The van der Waals surface area contributed by atoms with E-state index in [0.717, 1.165) is 5.56 Å². The van der Waals surface area contributed by atoms with E-state index in [-0.39, 0.29) is 0 Å². The van der Waals surface area contributed by atoms with Crippen LogP contribution in [0.4, 0.5) is 18.9 Å². The molecule has 0 heterocycles. The highest BCUT2D eigenvalue weighted by Crippen LogP contribution is 2.16. The van der Waals surface area contributed by atoms with E-state index in [1.165, 1.54) is 4.90 Å². The van der Waals surface area contributed by atoms with Crippen molar-refractivity contribution in [2.45, 2.75) is 20.0 Å². The molecule has 4 nitrogen and oxygen atoms in total. The van der Waals surface area contributed by atoms with Crippen LogP contribution in [0.5, 0.6) is 0 Å². The van der Waals surface area contributed by atoms with Gasteiger partial charge in [0.15, 0.2) is 0 Å². The van der Waals surface area contributed by atoms with E-state index in [9.17, 15) is 22.8 Å². The first-order valence-electron chi connectivity index (χ1n) is 5.97. The number of carbonyl (C=O) groups excluding carboxylic acids is 2. The maximum absolute atomic E-state index is 12.0. The van der Waals surface area contributed by atoms with Crippen LogP contribution in [0, 0.1) is 6.92 Å². The van der Waals surface area contributed by atoms with Crippen LogP contribution in [0.2, 0.25) is 0 Å². The standard InChI is InChI=1S/C13H15F3N2O2/c1-3-18(10-6-4-5-9(2)7-10)11(19)8-17-12(20)13(14,15)16/h4-7H,3,8H2,1-2H3,(H,17,20). The molecule has 20 heavy (non-hydrogen) atoms. The average molecular weight is 288 g/mol. The summed E-state index contributed by atoms with van der Waals surface area (Å²) in [5.41, 5.74) is 1.51. The van der Waals surface area contributed by atoms with E-state index < -0.39 is 24.5 Å². The van der Waals surface area contributed by atoms with Crippen molar-refractivity contribution < 1.29 is 22.8 Å². The van der Waals surface area contributed by atoms with E-state index in [0.29, 0.717) is 12.2 Å². The monoisotopic (exact) mass is 288 g/mol. The van der Waals surface area contributed by atoms with Gasteiger partial charge in [-0.2, -0.15) is 13.2 Å². The summed E-state index contributed by atoms with van der Waals surface area (Å²) in [7, 11) is 0. The molecular formula is C13H15F3N2O2. The van der Waals surface area contributed by atoms with Crippen molar-refractivity contribution in [3.05, 3.63) is 29.8 Å². The van der Waals surface area contributed by atoms with E-state index in [2.05, 4.69) is 0 Å². The molecular weight excluding hydrogens is 273 g/mol. The summed E-state index contributed by atoms with van der Waals surface area (Å²) < 4.78 is 36.1. The highest BCUT2D eigenvalue weighted by atomic mass is 19.4. The van der Waals surface area contributed by atoms with Gasteiger partial charge in [-0.3, -0.25) is 9.59 Å². The molecule has 0 aliphatic carbocycles. The molecule has 110 valence electrons. The minimum Gasteiger partial charge on any atom is -0.339 e. The van der Waals surface area contributed by atoms with Crippen LogP contribution >= 0.6 is 0 Å². The van der Waals surface area contributed by atoms with Crippen molar-refractivity contribution >= 4 is 17.5 Å². The Morgan fingerprint density at radius 3 is 2.45 bits per heavy atom. The number of aryl methyl sites for hydroxylation is 1. The third-order valence-corrected chi connectivity index (χ3v) is 2.59. The maximum atomic E-state index is 12.0. The Morgan fingerprint density at radius 1 is 1.30 bits per heavy atom. The van der Waals surface area contributed by atoms with Crippen molar-refractivity contribution in [1.29, 1.82) is 0 Å². The Morgan fingerprint density at radius 2 is 1.95 bits per heavy atom. The first-order valence-corrected chi connectivity index (χ1v) is 5.97. The highest BCUT2D eigenvalue weighted by Gasteiger charge is 2.38. The average Bonchev–Trinajstić information content (AvgIpc) is 2.35. The fourth-order valence-electron chi connectivity index (χ4n) is 1.65. The van der Waals surface area contributed by atoms with E-state index in [4.69, 9.17) is 0 Å². The zero-order chi connectivity index (χ0) is 15.3. The van der Waals surface area contributed by atoms with Crippen molar-refractivity contribution in [2.24, 2.45) is 0 Å². The molecule has 0 aliphatic rings. The van der Waals surface area contributed by atoms with E-state index in [1.807, 2.05) is 13.0 Å². The molecule has 0 fully saturated rings. The van der Waals surface area contributed by atoms with Gasteiger partial charge in [-0.25, -0.2) is 0 Å². The molecule has 0 unspecified atom stereocenters. The minimum atomic E-state index is -4.99. The summed E-state index contributed by atoms with van der Waals surface area (Å²) in [5.74, 6) is -2.72. The Hall–Kier alpha value is -2.05. The van der Waals surface area contributed by atoms with Gasteiger partial charge in [-0.1, -0.05) is 12.1 Å². The van der Waals surface area contributed by atoms with Gasteiger partial charge in [-0.05, 0) is 31.5 Å². The molecule has 0 spiro atoms. The number of amides is 2. The van der Waals surface area contributed by atoms with E-state index >= 15 is 0 Å². The normalized spacial score (nSPS) is 11.1. The quantitative estimate of drug-likeness (QED) is 0.921. The number of anilines is 1. The number of nitrogens with one attached hydrogen (secondary N) is 1. The SMILES string of the molecule is CCN(C(=O)CNC(=O)C(F)(F)F)c1cccc(C)c1. The third-order valence-electron chi connectivity index (χ3n) is 2.59. The molecule has 1 N–H and O–H groups in total. The van der Waals surface area contributed by atoms with Gasteiger partial charge in [0.1, 0.15) is 0 Å². The summed E-state index contributed by atoms with van der Waals surface area (Å²) in [6, 6.07) is 7.01. The second kappa shape index (κ2) is 6.40. The maximum Gasteiger partial charge on any atom is 0.471 e. The number of rotatable bonds is 4. The summed E-state index contributed by atoms with van der Waals surface area (Å²) in [6.45, 7) is 3.14. The molecule has 2 amide bonds. The summed E-state index contributed by atoms with van der Waals surface area (Å²) in [5, 5.41) is 1.57. The molecule has 1 aromatic carbocycles. The second-order valence-corrected chi connectivity index (χ2v) is 4.16. The summed E-state index contributed by atoms with van der Waals surface area (Å²) >= 11 is 0. The molecule has 0 radical (unpaired) electrons. The van der Waals surface area contributed by atoms with Gasteiger partial charge in [0, 0.05) is 12.2 Å². The number of hydrogen-bond donors (Lipinski definition) is 1. The Bertz CT molecular complexity index is 501. The highest BCUT2D eigenvalue weighted by molar-refractivity contribution is 5.97. The fraction of sp³-hybridized carbons (Fsp3) is 0.385. The Balaban J connectivity index is 2.72. The predicted octanol–water partition coefficient (Wildman–Crippen LogP) is 2.03. The Kier molecular flexibility index (Phi) is 5.12. The number of likely N-dealkylation sites (N-methyl/N-ethyl adjacent to an activating group) is 1. The van der Waals surface area contributed by atoms with Gasteiger partial charge >= 0.3 is 12.1 Å². The second-order valence-electron chi connectivity index (χ2n) is 4.16. The molecule has 7 heteroatoms. The van der Waals surface area contributed by atoms with Gasteiger partial charge < -0.3 is 10.2 Å². The summed E-state index contributed by atoms with van der Waals surface area (Å²) in [4.78, 5) is 23.8. The summed E-state index contributed by atoms with van der Waals surface area (Å²) in [6.07, 6.45) is -4.99. The van der Waals surface area contributed by atoms with Crippen LogP contribution in [0.25, 0.3) is 0 Å². The minimum absolute atomic E-state index is 0.296. The zero-order valence-electron chi connectivity index (χ0n) is 11.1. The van der Waals surface area contributed by atoms with Gasteiger partial charge in [0.25, 0.3) is 0 Å². The molecule has 0 atom stereocenters. The van der Waals surface area contributed by atoms with Crippen molar-refractivity contribution in [2.75, 3.05) is 18.0 Å². The van der Waals surface area contributed by atoms with Crippen molar-refractivity contribution in [3.63, 3.8) is 0 Å². The molecule has 0 aliphatic heterocycles. The lowest BCUT2D eigenvalue weighted by Crippen LogP contribution is -2.44. The van der Waals surface area contributed by atoms with Crippen LogP contribution < -0.4 is 10.2 Å². The fourth-order valence-corrected chi connectivity index (χ4v) is 1.65. The van der Waals surface area contributed by atoms with E-state index in [1.54, 1.807) is 30.4 Å². The smallest absolute Gasteiger partial charge is 0.339 e. The van der Waals surface area contributed by atoms with Crippen LogP contribution in [0.3, 0.4) is 0 Å². The van der Waals surface area contributed by atoms with Crippen LogP contribution in [0.1, 0.15) is 12.5 Å². The van der Waals surface area contributed by atoms with Gasteiger partial charge in [0.05, 0.1) is 6.54 Å². The largest absolute Gasteiger partial charge is 0.471 e. The molecule has 1 rings (SSSR count). The number of alkyl halides is 3. The lowest BCUT2D eigenvalue weighted by Gasteiger charge is -2.21.